The third-order valence-corrected chi connectivity index (χ3v) is 3.57. The van der Waals surface area contributed by atoms with Crippen molar-refractivity contribution in [3.05, 3.63) is 29.8 Å². The molecule has 0 spiro atoms. The van der Waals surface area contributed by atoms with Crippen molar-refractivity contribution in [1.82, 2.24) is 4.90 Å². The van der Waals surface area contributed by atoms with Crippen LogP contribution in [-0.4, -0.2) is 42.1 Å². The molecule has 2 rings (SSSR count). The largest absolute Gasteiger partial charge is 0.373 e. The van der Waals surface area contributed by atoms with Crippen molar-refractivity contribution in [2.24, 2.45) is 0 Å². The molecule has 1 unspecified atom stereocenters. The van der Waals surface area contributed by atoms with E-state index < -0.39 is 17.7 Å². The van der Waals surface area contributed by atoms with Crippen LogP contribution in [0.1, 0.15) is 20.8 Å². The number of halogens is 2. The molecule has 0 aliphatic carbocycles. The van der Waals surface area contributed by atoms with Gasteiger partial charge in [0.2, 0.25) is 5.91 Å². The Hall–Kier alpha value is -1.53. The highest BCUT2D eigenvalue weighted by molar-refractivity contribution is 5.94. The second kappa shape index (κ2) is 6.07. The summed E-state index contributed by atoms with van der Waals surface area (Å²) in [5, 5.41) is 2.44. The van der Waals surface area contributed by atoms with E-state index in [0.29, 0.717) is 19.7 Å². The van der Waals surface area contributed by atoms with Crippen LogP contribution in [0.4, 0.5) is 14.5 Å². The summed E-state index contributed by atoms with van der Waals surface area (Å²) in [6.07, 6.45) is 0. The van der Waals surface area contributed by atoms with Crippen molar-refractivity contribution < 1.29 is 18.3 Å². The summed E-state index contributed by atoms with van der Waals surface area (Å²) in [6.45, 7) is 7.43. The molecule has 1 heterocycles. The number of carbonyl (C=O) groups excluding carboxylic acids is 1. The maximum Gasteiger partial charge on any atom is 0.241 e. The predicted octanol–water partition coefficient (Wildman–Crippen LogP) is 2.40. The topological polar surface area (TPSA) is 41.6 Å². The Morgan fingerprint density at radius 2 is 2.14 bits per heavy atom. The quantitative estimate of drug-likeness (QED) is 0.931. The van der Waals surface area contributed by atoms with Crippen molar-refractivity contribution in [2.45, 2.75) is 32.4 Å². The lowest BCUT2D eigenvalue weighted by atomic mass is 10.1. The standard InChI is InChI=1S/C15H20F2N2O2/c1-10(19-6-7-21-15(2,3)9-19)14(20)18-13-8-11(16)4-5-12(13)17/h4-5,8,10H,6-7,9H2,1-3H3,(H,18,20). The van der Waals surface area contributed by atoms with Crippen molar-refractivity contribution >= 4 is 11.6 Å². The van der Waals surface area contributed by atoms with Gasteiger partial charge in [-0.1, -0.05) is 0 Å². The summed E-state index contributed by atoms with van der Waals surface area (Å²) in [5.41, 5.74) is -0.462. The first-order chi connectivity index (χ1) is 9.78. The van der Waals surface area contributed by atoms with Gasteiger partial charge in [0.15, 0.2) is 0 Å². The number of morpholine rings is 1. The average molecular weight is 298 g/mol. The molecule has 1 aliphatic rings. The van der Waals surface area contributed by atoms with Crippen molar-refractivity contribution in [3.8, 4) is 0 Å². The van der Waals surface area contributed by atoms with Gasteiger partial charge in [-0.25, -0.2) is 8.78 Å². The van der Waals surface area contributed by atoms with E-state index >= 15 is 0 Å². The monoisotopic (exact) mass is 298 g/mol. The summed E-state index contributed by atoms with van der Waals surface area (Å²) in [4.78, 5) is 14.2. The minimum Gasteiger partial charge on any atom is -0.373 e. The highest BCUT2D eigenvalue weighted by Gasteiger charge is 2.32. The van der Waals surface area contributed by atoms with Crippen molar-refractivity contribution in [2.75, 3.05) is 25.0 Å². The number of nitrogens with one attached hydrogen (secondary N) is 1. The molecule has 1 N–H and O–H groups in total. The van der Waals surface area contributed by atoms with Crippen LogP contribution in [0.15, 0.2) is 18.2 Å². The third-order valence-electron chi connectivity index (χ3n) is 3.57. The molecule has 1 atom stereocenters. The van der Waals surface area contributed by atoms with Crippen LogP contribution >= 0.6 is 0 Å². The molecule has 4 nitrogen and oxygen atoms in total. The Balaban J connectivity index is 2.04. The van der Waals surface area contributed by atoms with Gasteiger partial charge >= 0.3 is 0 Å². The fourth-order valence-corrected chi connectivity index (χ4v) is 2.38. The molecular weight excluding hydrogens is 278 g/mol. The number of hydrogen-bond acceptors (Lipinski definition) is 3. The number of anilines is 1. The smallest absolute Gasteiger partial charge is 0.241 e. The van der Waals surface area contributed by atoms with E-state index in [1.54, 1.807) is 6.92 Å². The molecule has 0 aromatic heterocycles. The number of nitrogens with zero attached hydrogens (tertiary/aromatic N) is 1. The van der Waals surface area contributed by atoms with Gasteiger partial charge in [-0.05, 0) is 32.9 Å². The van der Waals surface area contributed by atoms with Crippen LogP contribution in [0.5, 0.6) is 0 Å². The van der Waals surface area contributed by atoms with E-state index in [1.807, 2.05) is 18.7 Å². The van der Waals surface area contributed by atoms with Crippen LogP contribution < -0.4 is 5.32 Å². The first-order valence-electron chi connectivity index (χ1n) is 6.92. The Kier molecular flexibility index (Phi) is 4.58. The number of amides is 1. The number of carbonyl (C=O) groups is 1. The molecule has 1 aliphatic heterocycles. The second-order valence-electron chi connectivity index (χ2n) is 5.87. The molecule has 21 heavy (non-hydrogen) atoms. The lowest BCUT2D eigenvalue weighted by Gasteiger charge is -2.40. The first-order valence-corrected chi connectivity index (χ1v) is 6.92. The Bertz CT molecular complexity index is 534. The van der Waals surface area contributed by atoms with E-state index in [1.165, 1.54) is 0 Å². The van der Waals surface area contributed by atoms with E-state index in [9.17, 15) is 13.6 Å². The minimum atomic E-state index is -0.653. The predicted molar refractivity (Wildman–Crippen MR) is 76.1 cm³/mol. The Morgan fingerprint density at radius 3 is 2.81 bits per heavy atom. The SMILES string of the molecule is CC(C(=O)Nc1cc(F)ccc1F)N1CCOC(C)(C)C1. The molecule has 116 valence electrons. The molecule has 6 heteroatoms. The van der Waals surface area contributed by atoms with Crippen LogP contribution in [0, 0.1) is 11.6 Å². The first kappa shape index (κ1) is 15.9. The fourth-order valence-electron chi connectivity index (χ4n) is 2.38. The van der Waals surface area contributed by atoms with E-state index in [4.69, 9.17) is 4.74 Å². The normalized spacial score (nSPS) is 20.0. The molecule has 1 amide bonds. The fraction of sp³-hybridized carbons (Fsp3) is 0.533. The highest BCUT2D eigenvalue weighted by Crippen LogP contribution is 2.20. The molecule has 1 fully saturated rings. The number of benzene rings is 1. The zero-order chi connectivity index (χ0) is 15.6. The molecular formula is C15H20F2N2O2. The van der Waals surface area contributed by atoms with E-state index in [-0.39, 0.29) is 17.2 Å². The number of ether oxygens (including phenoxy) is 1. The molecule has 0 bridgehead atoms. The van der Waals surface area contributed by atoms with Gasteiger partial charge in [-0.15, -0.1) is 0 Å². The lowest BCUT2D eigenvalue weighted by molar-refractivity contribution is -0.129. The Labute approximate surface area is 123 Å². The van der Waals surface area contributed by atoms with Crippen molar-refractivity contribution in [3.63, 3.8) is 0 Å². The summed E-state index contributed by atoms with van der Waals surface area (Å²) >= 11 is 0. The van der Waals surface area contributed by atoms with E-state index in [0.717, 1.165) is 18.2 Å². The second-order valence-corrected chi connectivity index (χ2v) is 5.87. The van der Waals surface area contributed by atoms with Gasteiger partial charge in [-0.2, -0.15) is 0 Å². The molecule has 1 aromatic rings. The van der Waals surface area contributed by atoms with Crippen LogP contribution in [0.2, 0.25) is 0 Å². The van der Waals surface area contributed by atoms with Crippen LogP contribution in [0.25, 0.3) is 0 Å². The zero-order valence-electron chi connectivity index (χ0n) is 12.5. The average Bonchev–Trinajstić information content (AvgIpc) is 2.41. The number of rotatable bonds is 3. The summed E-state index contributed by atoms with van der Waals surface area (Å²) < 4.78 is 32.2. The minimum absolute atomic E-state index is 0.139. The highest BCUT2D eigenvalue weighted by atomic mass is 19.1. The Morgan fingerprint density at radius 1 is 1.43 bits per heavy atom. The molecule has 1 saturated heterocycles. The van der Waals surface area contributed by atoms with Gasteiger partial charge < -0.3 is 10.1 Å². The molecule has 0 radical (unpaired) electrons. The number of hydrogen-bond donors (Lipinski definition) is 1. The summed E-state index contributed by atoms with van der Waals surface area (Å²) in [5.74, 6) is -1.61. The summed E-state index contributed by atoms with van der Waals surface area (Å²) in [7, 11) is 0. The summed E-state index contributed by atoms with van der Waals surface area (Å²) in [6, 6.07) is 2.53. The van der Waals surface area contributed by atoms with Crippen LogP contribution in [-0.2, 0) is 9.53 Å². The lowest BCUT2D eigenvalue weighted by Crippen LogP contribution is -2.54. The van der Waals surface area contributed by atoms with Gasteiger partial charge in [0.05, 0.1) is 23.9 Å². The maximum atomic E-state index is 13.5. The van der Waals surface area contributed by atoms with Crippen molar-refractivity contribution in [1.29, 1.82) is 0 Å². The van der Waals surface area contributed by atoms with Crippen LogP contribution in [0.3, 0.4) is 0 Å². The molecule has 0 saturated carbocycles. The third kappa shape index (κ3) is 3.98. The molecule has 1 aromatic carbocycles. The van der Waals surface area contributed by atoms with Gasteiger partial charge in [0, 0.05) is 19.2 Å². The van der Waals surface area contributed by atoms with Gasteiger partial charge in [0.25, 0.3) is 0 Å². The zero-order valence-corrected chi connectivity index (χ0v) is 12.5. The van der Waals surface area contributed by atoms with Gasteiger partial charge in [-0.3, -0.25) is 9.69 Å². The maximum absolute atomic E-state index is 13.5. The van der Waals surface area contributed by atoms with E-state index in [2.05, 4.69) is 5.32 Å². The van der Waals surface area contributed by atoms with Gasteiger partial charge in [0.1, 0.15) is 11.6 Å².